The van der Waals surface area contributed by atoms with Crippen molar-refractivity contribution in [3.05, 3.63) is 95.0 Å². The fourth-order valence-electron chi connectivity index (χ4n) is 3.52. The summed E-state index contributed by atoms with van der Waals surface area (Å²) in [5, 5.41) is 3.27. The molecule has 0 radical (unpaired) electrons. The molecule has 8 heteroatoms. The molecule has 0 saturated heterocycles. The van der Waals surface area contributed by atoms with Crippen molar-refractivity contribution in [2.75, 3.05) is 34.0 Å². The van der Waals surface area contributed by atoms with Crippen LogP contribution in [-0.2, 0) is 20.9 Å². The SMILES string of the molecule is COCCNC(=O)C(c1ccccc1)N(Cc1ccc(OC)cc1)C(=O)COc1ccccc1Cl. The molecule has 3 aromatic rings. The summed E-state index contributed by atoms with van der Waals surface area (Å²) in [6.45, 7) is 0.579. The van der Waals surface area contributed by atoms with Crippen LogP contribution in [0, 0.1) is 0 Å². The summed E-state index contributed by atoms with van der Waals surface area (Å²) in [6, 6.07) is 22.6. The van der Waals surface area contributed by atoms with E-state index in [-0.39, 0.29) is 25.0 Å². The van der Waals surface area contributed by atoms with Crippen molar-refractivity contribution in [2.24, 2.45) is 0 Å². The Morgan fingerprint density at radius 1 is 0.943 bits per heavy atom. The van der Waals surface area contributed by atoms with E-state index in [9.17, 15) is 9.59 Å². The predicted octanol–water partition coefficient (Wildman–Crippen LogP) is 4.26. The number of nitrogens with one attached hydrogen (secondary N) is 1. The molecule has 1 N–H and O–H groups in total. The maximum atomic E-state index is 13.5. The standard InChI is InChI=1S/C27H29ClN2O5/c1-33-17-16-29-27(32)26(21-8-4-3-5-9-21)30(18-20-12-14-22(34-2)15-13-20)25(31)19-35-24-11-7-6-10-23(24)28/h3-15,26H,16-19H2,1-2H3,(H,29,32). The van der Waals surface area contributed by atoms with Crippen LogP contribution in [0.1, 0.15) is 17.2 Å². The van der Waals surface area contributed by atoms with E-state index in [4.69, 9.17) is 25.8 Å². The molecule has 184 valence electrons. The predicted molar refractivity (Wildman–Crippen MR) is 135 cm³/mol. The molecule has 0 saturated carbocycles. The maximum absolute atomic E-state index is 13.5. The normalized spacial score (nSPS) is 11.4. The summed E-state index contributed by atoms with van der Waals surface area (Å²) >= 11 is 6.19. The zero-order valence-electron chi connectivity index (χ0n) is 19.8. The molecular formula is C27H29ClN2O5. The highest BCUT2D eigenvalue weighted by Gasteiger charge is 2.31. The fourth-order valence-corrected chi connectivity index (χ4v) is 3.71. The quantitative estimate of drug-likeness (QED) is 0.379. The van der Waals surface area contributed by atoms with Gasteiger partial charge in [-0.2, -0.15) is 0 Å². The van der Waals surface area contributed by atoms with Crippen molar-refractivity contribution < 1.29 is 23.8 Å². The van der Waals surface area contributed by atoms with E-state index in [0.29, 0.717) is 35.2 Å². The average molecular weight is 497 g/mol. The van der Waals surface area contributed by atoms with E-state index in [1.807, 2.05) is 54.6 Å². The molecule has 3 rings (SSSR count). The second-order valence-electron chi connectivity index (χ2n) is 7.69. The third kappa shape index (κ3) is 7.47. The van der Waals surface area contributed by atoms with Gasteiger partial charge < -0.3 is 24.4 Å². The van der Waals surface area contributed by atoms with Gasteiger partial charge in [0.1, 0.15) is 17.5 Å². The minimum Gasteiger partial charge on any atom is -0.497 e. The van der Waals surface area contributed by atoms with E-state index in [0.717, 1.165) is 5.56 Å². The largest absolute Gasteiger partial charge is 0.497 e. The van der Waals surface area contributed by atoms with Gasteiger partial charge in [-0.05, 0) is 35.4 Å². The molecule has 2 amide bonds. The number of carbonyl (C=O) groups excluding carboxylic acids is 2. The lowest BCUT2D eigenvalue weighted by Crippen LogP contribution is -2.45. The highest BCUT2D eigenvalue weighted by Crippen LogP contribution is 2.26. The van der Waals surface area contributed by atoms with Crippen molar-refractivity contribution >= 4 is 23.4 Å². The molecule has 3 aromatic carbocycles. The van der Waals surface area contributed by atoms with Crippen LogP contribution >= 0.6 is 11.6 Å². The summed E-state index contributed by atoms with van der Waals surface area (Å²) < 4.78 is 16.0. The number of rotatable bonds is 12. The topological polar surface area (TPSA) is 77.1 Å². The van der Waals surface area contributed by atoms with Crippen LogP contribution in [0.15, 0.2) is 78.9 Å². The number of nitrogens with zero attached hydrogens (tertiary/aromatic N) is 1. The van der Waals surface area contributed by atoms with Crippen molar-refractivity contribution in [1.29, 1.82) is 0 Å². The Hall–Kier alpha value is -3.55. The van der Waals surface area contributed by atoms with Crippen LogP contribution in [0.2, 0.25) is 5.02 Å². The van der Waals surface area contributed by atoms with Gasteiger partial charge in [0, 0.05) is 20.2 Å². The summed E-state index contributed by atoms with van der Waals surface area (Å²) in [5.74, 6) is 0.419. The monoisotopic (exact) mass is 496 g/mol. The van der Waals surface area contributed by atoms with Gasteiger partial charge >= 0.3 is 0 Å². The Balaban J connectivity index is 1.92. The van der Waals surface area contributed by atoms with Gasteiger partial charge in [0.15, 0.2) is 6.61 Å². The van der Waals surface area contributed by atoms with Crippen LogP contribution < -0.4 is 14.8 Å². The zero-order valence-corrected chi connectivity index (χ0v) is 20.5. The lowest BCUT2D eigenvalue weighted by Gasteiger charge is -2.31. The van der Waals surface area contributed by atoms with Crippen LogP contribution in [0.25, 0.3) is 0 Å². The molecule has 0 aromatic heterocycles. The first-order valence-electron chi connectivity index (χ1n) is 11.1. The Morgan fingerprint density at radius 2 is 1.63 bits per heavy atom. The second kappa shape index (κ2) is 13.4. The zero-order chi connectivity index (χ0) is 25.0. The van der Waals surface area contributed by atoms with Crippen molar-refractivity contribution in [1.82, 2.24) is 10.2 Å². The van der Waals surface area contributed by atoms with Gasteiger partial charge in [0.05, 0.1) is 18.7 Å². The summed E-state index contributed by atoms with van der Waals surface area (Å²) in [7, 11) is 3.15. The molecule has 0 heterocycles. The first-order chi connectivity index (χ1) is 17.0. The molecule has 35 heavy (non-hydrogen) atoms. The van der Waals surface area contributed by atoms with Gasteiger partial charge in [-0.1, -0.05) is 66.2 Å². The van der Waals surface area contributed by atoms with E-state index in [1.165, 1.54) is 4.90 Å². The molecule has 0 fully saturated rings. The molecule has 7 nitrogen and oxygen atoms in total. The molecular weight excluding hydrogens is 468 g/mol. The Morgan fingerprint density at radius 3 is 2.29 bits per heavy atom. The number of hydrogen-bond acceptors (Lipinski definition) is 5. The van der Waals surface area contributed by atoms with E-state index >= 15 is 0 Å². The number of para-hydroxylation sites is 1. The summed E-state index contributed by atoms with van der Waals surface area (Å²) in [4.78, 5) is 28.4. The Labute approximate surface area is 210 Å². The molecule has 1 atom stereocenters. The van der Waals surface area contributed by atoms with Crippen LogP contribution in [0.5, 0.6) is 11.5 Å². The Kier molecular flexibility index (Phi) is 9.95. The van der Waals surface area contributed by atoms with Gasteiger partial charge in [0.2, 0.25) is 5.91 Å². The minimum atomic E-state index is -0.877. The minimum absolute atomic E-state index is 0.186. The number of ether oxygens (including phenoxy) is 3. The molecule has 0 aliphatic heterocycles. The van der Waals surface area contributed by atoms with E-state index in [1.54, 1.807) is 38.5 Å². The van der Waals surface area contributed by atoms with Crippen LogP contribution in [0.4, 0.5) is 0 Å². The first kappa shape index (κ1) is 26.1. The van der Waals surface area contributed by atoms with Crippen molar-refractivity contribution in [2.45, 2.75) is 12.6 Å². The Bertz CT molecular complexity index is 1090. The van der Waals surface area contributed by atoms with Gasteiger partial charge in [0.25, 0.3) is 5.91 Å². The van der Waals surface area contributed by atoms with Gasteiger partial charge in [-0.3, -0.25) is 9.59 Å². The van der Waals surface area contributed by atoms with Crippen molar-refractivity contribution in [3.63, 3.8) is 0 Å². The summed E-state index contributed by atoms with van der Waals surface area (Å²) in [6.07, 6.45) is 0. The highest BCUT2D eigenvalue weighted by molar-refractivity contribution is 6.32. The highest BCUT2D eigenvalue weighted by atomic mass is 35.5. The smallest absolute Gasteiger partial charge is 0.261 e. The number of hydrogen-bond donors (Lipinski definition) is 1. The molecule has 0 spiro atoms. The lowest BCUT2D eigenvalue weighted by atomic mass is 10.0. The van der Waals surface area contributed by atoms with E-state index < -0.39 is 6.04 Å². The number of amides is 2. The average Bonchev–Trinajstić information content (AvgIpc) is 2.89. The van der Waals surface area contributed by atoms with Crippen LogP contribution in [0.3, 0.4) is 0 Å². The third-order valence-corrected chi connectivity index (χ3v) is 5.61. The lowest BCUT2D eigenvalue weighted by molar-refractivity contribution is -0.143. The van der Waals surface area contributed by atoms with E-state index in [2.05, 4.69) is 5.32 Å². The molecule has 1 unspecified atom stereocenters. The summed E-state index contributed by atoms with van der Waals surface area (Å²) in [5.41, 5.74) is 1.52. The number of carbonyl (C=O) groups is 2. The van der Waals surface area contributed by atoms with Crippen molar-refractivity contribution in [3.8, 4) is 11.5 Å². The number of halogens is 1. The maximum Gasteiger partial charge on any atom is 0.261 e. The van der Waals surface area contributed by atoms with Gasteiger partial charge in [-0.25, -0.2) is 0 Å². The van der Waals surface area contributed by atoms with Crippen LogP contribution in [-0.4, -0.2) is 50.7 Å². The molecule has 0 bridgehead atoms. The fraction of sp³-hybridized carbons (Fsp3) is 0.259. The molecule has 0 aliphatic carbocycles. The second-order valence-corrected chi connectivity index (χ2v) is 8.09. The molecule has 0 aliphatic rings. The third-order valence-electron chi connectivity index (χ3n) is 5.30. The van der Waals surface area contributed by atoms with Gasteiger partial charge in [-0.15, -0.1) is 0 Å². The first-order valence-corrected chi connectivity index (χ1v) is 11.5. The number of methoxy groups -OCH3 is 2. The number of benzene rings is 3.